The molecule has 0 amide bonds. The molecule has 1 saturated carbocycles. The third-order valence-corrected chi connectivity index (χ3v) is 4.67. The number of nitrogens with two attached hydrogens (primary N) is 1. The van der Waals surface area contributed by atoms with E-state index in [2.05, 4.69) is 35.1 Å². The Labute approximate surface area is 127 Å². The van der Waals surface area contributed by atoms with Gasteiger partial charge in [-0.2, -0.15) is 0 Å². The van der Waals surface area contributed by atoms with Gasteiger partial charge in [0.25, 0.3) is 0 Å². The highest BCUT2D eigenvalue weighted by Crippen LogP contribution is 2.39. The SMILES string of the molecule is CC1(C)CCC(Nc2ccc(C(N)=S)c(Br)c2F)C1. The zero-order valence-corrected chi connectivity index (χ0v) is 13.5. The van der Waals surface area contributed by atoms with Crippen LogP contribution in [-0.4, -0.2) is 11.0 Å². The summed E-state index contributed by atoms with van der Waals surface area (Å²) in [5.41, 5.74) is 6.93. The Morgan fingerprint density at radius 2 is 2.21 bits per heavy atom. The average Bonchev–Trinajstić information content (AvgIpc) is 2.64. The minimum Gasteiger partial charge on any atom is -0.389 e. The number of thiocarbonyl (C=S) groups is 1. The van der Waals surface area contributed by atoms with Gasteiger partial charge in [-0.05, 0) is 52.7 Å². The molecule has 0 aliphatic heterocycles. The summed E-state index contributed by atoms with van der Waals surface area (Å²) in [6, 6.07) is 3.78. The number of anilines is 1. The van der Waals surface area contributed by atoms with Crippen LogP contribution < -0.4 is 11.1 Å². The number of rotatable bonds is 3. The van der Waals surface area contributed by atoms with E-state index in [1.165, 1.54) is 6.42 Å². The molecule has 104 valence electrons. The maximum absolute atomic E-state index is 14.2. The van der Waals surface area contributed by atoms with Crippen LogP contribution >= 0.6 is 28.1 Å². The lowest BCUT2D eigenvalue weighted by Gasteiger charge is -2.19. The maximum atomic E-state index is 14.2. The van der Waals surface area contributed by atoms with Crippen molar-refractivity contribution in [2.45, 2.75) is 39.2 Å². The molecule has 0 aromatic heterocycles. The number of nitrogens with one attached hydrogen (secondary N) is 1. The molecule has 1 aliphatic rings. The van der Waals surface area contributed by atoms with Crippen molar-refractivity contribution in [3.63, 3.8) is 0 Å². The summed E-state index contributed by atoms with van der Waals surface area (Å²) >= 11 is 8.11. The highest BCUT2D eigenvalue weighted by molar-refractivity contribution is 9.10. The Morgan fingerprint density at radius 1 is 1.53 bits per heavy atom. The smallest absolute Gasteiger partial charge is 0.161 e. The Hall–Kier alpha value is -0.680. The van der Waals surface area contributed by atoms with Crippen LogP contribution in [0.5, 0.6) is 0 Å². The predicted octanol–water partition coefficient (Wildman–Crippen LogP) is 4.21. The van der Waals surface area contributed by atoms with Gasteiger partial charge in [0.2, 0.25) is 0 Å². The van der Waals surface area contributed by atoms with E-state index in [9.17, 15) is 4.39 Å². The summed E-state index contributed by atoms with van der Waals surface area (Å²) < 4.78 is 14.6. The fraction of sp³-hybridized carbons (Fsp3) is 0.500. The van der Waals surface area contributed by atoms with Gasteiger partial charge in [-0.25, -0.2) is 4.39 Å². The molecule has 2 nitrogen and oxygen atoms in total. The summed E-state index contributed by atoms with van der Waals surface area (Å²) in [7, 11) is 0. The molecule has 1 unspecified atom stereocenters. The van der Waals surface area contributed by atoms with E-state index >= 15 is 0 Å². The van der Waals surface area contributed by atoms with Crippen molar-refractivity contribution in [3.8, 4) is 0 Å². The van der Waals surface area contributed by atoms with Crippen LogP contribution in [0.15, 0.2) is 16.6 Å². The standard InChI is InChI=1S/C14H18BrFN2S/c1-14(2)6-5-8(7-14)18-10-4-3-9(13(17)19)11(15)12(10)16/h3-4,8,18H,5-7H2,1-2H3,(H2,17,19). The van der Waals surface area contributed by atoms with Crippen LogP contribution in [0, 0.1) is 11.2 Å². The molecule has 0 bridgehead atoms. The summed E-state index contributed by atoms with van der Waals surface area (Å²) in [4.78, 5) is 0.194. The van der Waals surface area contributed by atoms with Gasteiger partial charge in [-0.1, -0.05) is 26.1 Å². The Kier molecular flexibility index (Phi) is 4.16. The van der Waals surface area contributed by atoms with Crippen molar-refractivity contribution in [2.24, 2.45) is 11.1 Å². The predicted molar refractivity (Wildman–Crippen MR) is 85.0 cm³/mol. The second kappa shape index (κ2) is 5.37. The van der Waals surface area contributed by atoms with E-state index < -0.39 is 0 Å². The van der Waals surface area contributed by atoms with E-state index in [1.807, 2.05) is 0 Å². The molecule has 3 N–H and O–H groups in total. The van der Waals surface area contributed by atoms with E-state index in [-0.39, 0.29) is 10.8 Å². The van der Waals surface area contributed by atoms with Crippen molar-refractivity contribution in [2.75, 3.05) is 5.32 Å². The first-order chi connectivity index (χ1) is 8.80. The Bertz CT molecular complexity index is 516. The van der Waals surface area contributed by atoms with Crippen molar-refractivity contribution < 1.29 is 4.39 Å². The molecule has 1 aromatic carbocycles. The molecule has 0 radical (unpaired) electrons. The van der Waals surface area contributed by atoms with Crippen LogP contribution in [0.4, 0.5) is 10.1 Å². The number of hydrogen-bond acceptors (Lipinski definition) is 2. The highest BCUT2D eigenvalue weighted by atomic mass is 79.9. The zero-order valence-electron chi connectivity index (χ0n) is 11.1. The topological polar surface area (TPSA) is 38.0 Å². The van der Waals surface area contributed by atoms with Gasteiger partial charge in [-0.15, -0.1) is 0 Å². The molecule has 1 fully saturated rings. The van der Waals surface area contributed by atoms with E-state index in [4.69, 9.17) is 18.0 Å². The van der Waals surface area contributed by atoms with Crippen molar-refractivity contribution in [1.29, 1.82) is 0 Å². The molecule has 0 spiro atoms. The molecule has 0 saturated heterocycles. The van der Waals surface area contributed by atoms with Gasteiger partial charge >= 0.3 is 0 Å². The minimum absolute atomic E-state index is 0.194. The fourth-order valence-electron chi connectivity index (χ4n) is 2.63. The lowest BCUT2D eigenvalue weighted by molar-refractivity contribution is 0.378. The zero-order chi connectivity index (χ0) is 14.2. The largest absolute Gasteiger partial charge is 0.389 e. The molecule has 19 heavy (non-hydrogen) atoms. The lowest BCUT2D eigenvalue weighted by Crippen LogP contribution is -2.19. The molecular formula is C14H18BrFN2S. The first-order valence-corrected chi connectivity index (χ1v) is 7.54. The Balaban J connectivity index is 2.18. The molecule has 2 rings (SSSR count). The molecular weight excluding hydrogens is 327 g/mol. The van der Waals surface area contributed by atoms with Gasteiger partial charge in [0, 0.05) is 11.6 Å². The average molecular weight is 345 g/mol. The molecule has 1 aliphatic carbocycles. The number of halogens is 2. The first-order valence-electron chi connectivity index (χ1n) is 6.34. The van der Waals surface area contributed by atoms with Crippen LogP contribution in [0.3, 0.4) is 0 Å². The van der Waals surface area contributed by atoms with Gasteiger partial charge in [0.1, 0.15) is 4.99 Å². The molecule has 0 heterocycles. The summed E-state index contributed by atoms with van der Waals surface area (Å²) in [5, 5.41) is 3.28. The third kappa shape index (κ3) is 3.26. The summed E-state index contributed by atoms with van der Waals surface area (Å²) in [6.45, 7) is 4.49. The van der Waals surface area contributed by atoms with Gasteiger partial charge in [0.05, 0.1) is 10.2 Å². The second-order valence-corrected chi connectivity index (χ2v) is 7.13. The Morgan fingerprint density at radius 3 is 2.74 bits per heavy atom. The number of hydrogen-bond donors (Lipinski definition) is 2. The van der Waals surface area contributed by atoms with Gasteiger partial charge < -0.3 is 11.1 Å². The van der Waals surface area contributed by atoms with Crippen molar-refractivity contribution in [1.82, 2.24) is 0 Å². The van der Waals surface area contributed by atoms with E-state index in [1.54, 1.807) is 12.1 Å². The second-order valence-electron chi connectivity index (χ2n) is 5.90. The highest BCUT2D eigenvalue weighted by Gasteiger charge is 2.31. The van der Waals surface area contributed by atoms with Crippen LogP contribution in [0.2, 0.25) is 0 Å². The van der Waals surface area contributed by atoms with Gasteiger partial charge in [-0.3, -0.25) is 0 Å². The molecule has 5 heteroatoms. The van der Waals surface area contributed by atoms with Gasteiger partial charge in [0.15, 0.2) is 5.82 Å². The normalized spacial score (nSPS) is 21.4. The van der Waals surface area contributed by atoms with E-state index in [0.717, 1.165) is 12.8 Å². The van der Waals surface area contributed by atoms with Crippen molar-refractivity contribution in [3.05, 3.63) is 28.0 Å². The third-order valence-electron chi connectivity index (χ3n) is 3.68. The van der Waals surface area contributed by atoms with E-state index in [0.29, 0.717) is 27.2 Å². The minimum atomic E-state index is -0.324. The molecule has 1 aromatic rings. The quantitative estimate of drug-likeness (QED) is 0.806. The monoisotopic (exact) mass is 344 g/mol. The number of benzene rings is 1. The lowest BCUT2D eigenvalue weighted by atomic mass is 9.92. The van der Waals surface area contributed by atoms with Crippen LogP contribution in [-0.2, 0) is 0 Å². The van der Waals surface area contributed by atoms with Crippen LogP contribution in [0.25, 0.3) is 0 Å². The van der Waals surface area contributed by atoms with Crippen LogP contribution in [0.1, 0.15) is 38.7 Å². The fourth-order valence-corrected chi connectivity index (χ4v) is 3.49. The maximum Gasteiger partial charge on any atom is 0.161 e. The molecule has 1 atom stereocenters. The van der Waals surface area contributed by atoms with Crippen molar-refractivity contribution >= 4 is 38.8 Å². The summed E-state index contributed by atoms with van der Waals surface area (Å²) in [5.74, 6) is -0.324. The summed E-state index contributed by atoms with van der Waals surface area (Å²) in [6.07, 6.45) is 3.29. The first kappa shape index (κ1) is 14.7.